The van der Waals surface area contributed by atoms with Crippen LogP contribution in [0.2, 0.25) is 0 Å². The number of rotatable bonds is 3. The highest BCUT2D eigenvalue weighted by Crippen LogP contribution is 1.95. The van der Waals surface area contributed by atoms with Crippen LogP contribution in [0.15, 0.2) is 0 Å². The summed E-state index contributed by atoms with van der Waals surface area (Å²) in [6.07, 6.45) is 1.02. The van der Waals surface area contributed by atoms with Gasteiger partial charge in [-0.3, -0.25) is 0 Å². The summed E-state index contributed by atoms with van der Waals surface area (Å²) in [4.78, 5) is 0. The molecule has 0 heterocycles. The first-order valence-electron chi connectivity index (χ1n) is 2.27. The van der Waals surface area contributed by atoms with Gasteiger partial charge in [0.25, 0.3) is 0 Å². The minimum Gasteiger partial charge on any atom is -0.309 e. The van der Waals surface area contributed by atoms with Crippen LogP contribution in [0.3, 0.4) is 0 Å². The number of thiol groups is 2. The average molecular weight is 137 g/mol. The van der Waals surface area contributed by atoms with Crippen molar-refractivity contribution >= 4 is 25.3 Å². The minimum absolute atomic E-state index is 0.317. The zero-order valence-corrected chi connectivity index (χ0v) is 6.17. The average Bonchev–Trinajstić information content (AvgIpc) is 1.68. The second kappa shape index (κ2) is 4.81. The van der Waals surface area contributed by atoms with Gasteiger partial charge >= 0.3 is 0 Å². The molecule has 3 heteroatoms. The maximum Gasteiger partial charge on any atom is 0.0507 e. The largest absolute Gasteiger partial charge is 0.309 e. The molecule has 0 aliphatic rings. The van der Waals surface area contributed by atoms with E-state index >= 15 is 0 Å². The fraction of sp³-hybridized carbons (Fsp3) is 1.00. The molecule has 0 saturated heterocycles. The van der Waals surface area contributed by atoms with Crippen LogP contribution in [0.5, 0.6) is 0 Å². The van der Waals surface area contributed by atoms with E-state index in [1.807, 2.05) is 7.05 Å². The van der Waals surface area contributed by atoms with Crippen molar-refractivity contribution in [3.8, 4) is 0 Å². The molecule has 0 radical (unpaired) electrons. The Morgan fingerprint density at radius 1 is 1.71 bits per heavy atom. The fourth-order valence-corrected chi connectivity index (χ4v) is 0.858. The normalized spacial score (nSPS) is 14.1. The molecule has 0 spiro atoms. The highest BCUT2D eigenvalue weighted by Gasteiger charge is 1.92. The first-order chi connectivity index (χ1) is 3.31. The summed E-state index contributed by atoms with van der Waals surface area (Å²) in [6, 6.07) is 0. The molecule has 0 amide bonds. The molecule has 1 unspecified atom stereocenters. The summed E-state index contributed by atoms with van der Waals surface area (Å²) < 4.78 is 0. The molecule has 0 fully saturated rings. The lowest BCUT2D eigenvalue weighted by Crippen LogP contribution is -2.18. The van der Waals surface area contributed by atoms with Gasteiger partial charge in [-0.2, -0.15) is 25.3 Å². The molecule has 0 aliphatic carbocycles. The van der Waals surface area contributed by atoms with E-state index in [4.69, 9.17) is 0 Å². The molecule has 44 valence electrons. The van der Waals surface area contributed by atoms with Gasteiger partial charge in [0.15, 0.2) is 0 Å². The molecule has 1 nitrogen and oxygen atoms in total. The van der Waals surface area contributed by atoms with E-state index in [-0.39, 0.29) is 0 Å². The van der Waals surface area contributed by atoms with Gasteiger partial charge in [-0.25, -0.2) is 0 Å². The van der Waals surface area contributed by atoms with Crippen LogP contribution in [-0.4, -0.2) is 18.2 Å². The van der Waals surface area contributed by atoms with Crippen molar-refractivity contribution in [2.45, 2.75) is 11.8 Å². The number of nitrogens with one attached hydrogen (secondary N) is 1. The van der Waals surface area contributed by atoms with Gasteiger partial charge in [-0.15, -0.1) is 0 Å². The van der Waals surface area contributed by atoms with Crippen molar-refractivity contribution in [1.82, 2.24) is 5.32 Å². The molecule has 7 heavy (non-hydrogen) atoms. The summed E-state index contributed by atoms with van der Waals surface area (Å²) >= 11 is 8.18. The van der Waals surface area contributed by atoms with E-state index in [1.165, 1.54) is 0 Å². The Balaban J connectivity index is 2.83. The molecule has 1 N–H and O–H groups in total. The maximum absolute atomic E-state index is 4.15. The van der Waals surface area contributed by atoms with Crippen LogP contribution >= 0.6 is 25.3 Å². The highest BCUT2D eigenvalue weighted by molar-refractivity contribution is 7.81. The van der Waals surface area contributed by atoms with Gasteiger partial charge in [-0.05, 0) is 19.2 Å². The predicted octanol–water partition coefficient (Wildman–Crippen LogP) is 0.782. The molecular weight excluding hydrogens is 126 g/mol. The van der Waals surface area contributed by atoms with E-state index < -0.39 is 0 Å². The number of hydrogen-bond acceptors (Lipinski definition) is 3. The Bertz CT molecular complexity index is 40.7. The Morgan fingerprint density at radius 2 is 2.29 bits per heavy atom. The minimum atomic E-state index is 0.317. The van der Waals surface area contributed by atoms with E-state index in [9.17, 15) is 0 Å². The summed E-state index contributed by atoms with van der Waals surface area (Å²) in [6.45, 7) is 0. The lowest BCUT2D eigenvalue weighted by Gasteiger charge is -2.04. The van der Waals surface area contributed by atoms with E-state index in [1.54, 1.807) is 0 Å². The van der Waals surface area contributed by atoms with Crippen LogP contribution in [0.4, 0.5) is 0 Å². The van der Waals surface area contributed by atoms with Crippen LogP contribution in [-0.2, 0) is 0 Å². The standard InChI is InChI=1S/C4H11NS2/c1-5-4(7)2-3-6/h4-7H,2-3H2,1H3. The molecule has 0 aromatic heterocycles. The molecule has 0 aliphatic heterocycles. The molecule has 1 atom stereocenters. The second-order valence-corrected chi connectivity index (χ2v) is 2.39. The third-order valence-electron chi connectivity index (χ3n) is 0.736. The van der Waals surface area contributed by atoms with Gasteiger partial charge in [0.2, 0.25) is 0 Å². The Hall–Kier alpha value is 0.660. The third-order valence-corrected chi connectivity index (χ3v) is 1.51. The van der Waals surface area contributed by atoms with Crippen molar-refractivity contribution in [2.75, 3.05) is 12.8 Å². The van der Waals surface area contributed by atoms with Crippen LogP contribution in [0, 0.1) is 0 Å². The van der Waals surface area contributed by atoms with Crippen molar-refractivity contribution in [1.29, 1.82) is 0 Å². The van der Waals surface area contributed by atoms with Gasteiger partial charge in [0, 0.05) is 0 Å². The van der Waals surface area contributed by atoms with Crippen LogP contribution < -0.4 is 5.32 Å². The molecule has 0 aromatic rings. The SMILES string of the molecule is CNC(S)CCS. The zero-order chi connectivity index (χ0) is 5.70. The molecule has 0 aromatic carbocycles. The summed E-state index contributed by atoms with van der Waals surface area (Å²) in [5, 5.41) is 3.30. The molecule has 0 saturated carbocycles. The second-order valence-electron chi connectivity index (χ2n) is 1.32. The van der Waals surface area contributed by atoms with E-state index in [0.29, 0.717) is 5.37 Å². The Kier molecular flexibility index (Phi) is 5.26. The van der Waals surface area contributed by atoms with E-state index in [0.717, 1.165) is 12.2 Å². The maximum atomic E-state index is 4.15. The lowest BCUT2D eigenvalue weighted by molar-refractivity contribution is 0.729. The van der Waals surface area contributed by atoms with Gasteiger partial charge < -0.3 is 5.32 Å². The zero-order valence-electron chi connectivity index (χ0n) is 4.39. The molecular formula is C4H11NS2. The van der Waals surface area contributed by atoms with Crippen molar-refractivity contribution < 1.29 is 0 Å². The summed E-state index contributed by atoms with van der Waals surface area (Å²) in [7, 11) is 1.89. The van der Waals surface area contributed by atoms with Crippen LogP contribution in [0.1, 0.15) is 6.42 Å². The fourth-order valence-electron chi connectivity index (χ4n) is 0.267. The van der Waals surface area contributed by atoms with Crippen molar-refractivity contribution in [3.63, 3.8) is 0 Å². The summed E-state index contributed by atoms with van der Waals surface area (Å²) in [5.41, 5.74) is 0. The van der Waals surface area contributed by atoms with Crippen molar-refractivity contribution in [2.24, 2.45) is 0 Å². The lowest BCUT2D eigenvalue weighted by atomic mass is 10.5. The van der Waals surface area contributed by atoms with Gasteiger partial charge in [0.05, 0.1) is 5.37 Å². The topological polar surface area (TPSA) is 12.0 Å². The predicted molar refractivity (Wildman–Crippen MR) is 40.3 cm³/mol. The first kappa shape index (κ1) is 7.66. The highest BCUT2D eigenvalue weighted by atomic mass is 32.1. The Morgan fingerprint density at radius 3 is 2.43 bits per heavy atom. The van der Waals surface area contributed by atoms with E-state index in [2.05, 4.69) is 30.6 Å². The summed E-state index contributed by atoms with van der Waals surface area (Å²) in [5.74, 6) is 0.898. The quantitative estimate of drug-likeness (QED) is 0.386. The van der Waals surface area contributed by atoms with Crippen LogP contribution in [0.25, 0.3) is 0 Å². The molecule has 0 rings (SSSR count). The van der Waals surface area contributed by atoms with Gasteiger partial charge in [0.1, 0.15) is 0 Å². The Labute approximate surface area is 55.7 Å². The van der Waals surface area contributed by atoms with Gasteiger partial charge in [-0.1, -0.05) is 0 Å². The molecule has 0 bridgehead atoms. The number of hydrogen-bond donors (Lipinski definition) is 3. The monoisotopic (exact) mass is 137 g/mol. The van der Waals surface area contributed by atoms with Crippen molar-refractivity contribution in [3.05, 3.63) is 0 Å². The smallest absolute Gasteiger partial charge is 0.0507 e. The first-order valence-corrected chi connectivity index (χ1v) is 3.42. The third kappa shape index (κ3) is 4.51.